The molecule has 0 amide bonds. The minimum Gasteiger partial charge on any atom is -0.362 e. The molecule has 0 aliphatic carbocycles. The topological polar surface area (TPSA) is 46.6 Å². The maximum atomic E-state index is 12.3. The molecule has 1 fully saturated rings. The monoisotopic (exact) mass is 255 g/mol. The van der Waals surface area contributed by atoms with E-state index in [1.54, 1.807) is 24.3 Å². The van der Waals surface area contributed by atoms with Gasteiger partial charge in [0.25, 0.3) is 0 Å². The molecule has 0 unspecified atom stereocenters. The zero-order valence-corrected chi connectivity index (χ0v) is 10.9. The molecule has 0 spiro atoms. The average Bonchev–Trinajstić information content (AvgIpc) is 2.30. The molecule has 94 valence electrons. The van der Waals surface area contributed by atoms with Crippen molar-refractivity contribution in [3.63, 3.8) is 0 Å². The predicted molar refractivity (Wildman–Crippen MR) is 65.1 cm³/mol. The van der Waals surface area contributed by atoms with Crippen LogP contribution in [0.1, 0.15) is 18.9 Å². The Hall–Kier alpha value is -0.910. The highest BCUT2D eigenvalue weighted by atomic mass is 32.2. The maximum absolute atomic E-state index is 12.3. The largest absolute Gasteiger partial charge is 0.362 e. The van der Waals surface area contributed by atoms with Crippen LogP contribution in [0.2, 0.25) is 0 Å². The van der Waals surface area contributed by atoms with E-state index in [0.717, 1.165) is 12.0 Å². The van der Waals surface area contributed by atoms with Gasteiger partial charge in [-0.3, -0.25) is 0 Å². The van der Waals surface area contributed by atoms with Gasteiger partial charge in [-0.15, -0.1) is 0 Å². The third kappa shape index (κ3) is 2.68. The smallest absolute Gasteiger partial charge is 0.245 e. The molecule has 0 saturated carbocycles. The standard InChI is InChI=1S/C12H17NO3S/c1-10-3-5-12(6-4-10)17(14,15)13-8-7-11(2)16-9-13/h3-6,11H,7-9H2,1-2H3/t11-/m1/s1. The lowest BCUT2D eigenvalue weighted by Crippen LogP contribution is -2.40. The van der Waals surface area contributed by atoms with E-state index in [9.17, 15) is 8.42 Å². The van der Waals surface area contributed by atoms with E-state index in [0.29, 0.717) is 11.4 Å². The Morgan fingerprint density at radius 1 is 1.29 bits per heavy atom. The van der Waals surface area contributed by atoms with Crippen LogP contribution in [0.5, 0.6) is 0 Å². The van der Waals surface area contributed by atoms with E-state index in [-0.39, 0.29) is 12.8 Å². The average molecular weight is 255 g/mol. The number of benzene rings is 1. The maximum Gasteiger partial charge on any atom is 0.245 e. The van der Waals surface area contributed by atoms with Crippen molar-refractivity contribution in [3.8, 4) is 0 Å². The Morgan fingerprint density at radius 2 is 1.94 bits per heavy atom. The highest BCUT2D eigenvalue weighted by Gasteiger charge is 2.28. The van der Waals surface area contributed by atoms with E-state index in [4.69, 9.17) is 4.74 Å². The van der Waals surface area contributed by atoms with Gasteiger partial charge in [0.1, 0.15) is 6.73 Å². The van der Waals surface area contributed by atoms with Crippen molar-refractivity contribution in [2.75, 3.05) is 13.3 Å². The molecular weight excluding hydrogens is 238 g/mol. The summed E-state index contributed by atoms with van der Waals surface area (Å²) in [5.41, 5.74) is 1.05. The number of rotatable bonds is 2. The molecule has 1 aromatic carbocycles. The number of aryl methyl sites for hydroxylation is 1. The molecular formula is C12H17NO3S. The van der Waals surface area contributed by atoms with Crippen LogP contribution >= 0.6 is 0 Å². The second-order valence-electron chi connectivity index (χ2n) is 4.39. The van der Waals surface area contributed by atoms with E-state index >= 15 is 0 Å². The van der Waals surface area contributed by atoms with Gasteiger partial charge in [0.05, 0.1) is 11.0 Å². The van der Waals surface area contributed by atoms with Crippen molar-refractivity contribution in [2.45, 2.75) is 31.3 Å². The molecule has 0 N–H and O–H groups in total. The lowest BCUT2D eigenvalue weighted by molar-refractivity contribution is -0.0240. The summed E-state index contributed by atoms with van der Waals surface area (Å²) in [6.45, 7) is 4.56. The molecule has 0 aromatic heterocycles. The summed E-state index contributed by atoms with van der Waals surface area (Å²) in [6.07, 6.45) is 0.880. The van der Waals surface area contributed by atoms with Crippen molar-refractivity contribution < 1.29 is 13.2 Å². The number of sulfonamides is 1. The Bertz CT molecular complexity index is 473. The van der Waals surface area contributed by atoms with Crippen LogP contribution in [0, 0.1) is 6.92 Å². The molecule has 1 aliphatic heterocycles. The van der Waals surface area contributed by atoms with Gasteiger partial charge in [0.2, 0.25) is 10.0 Å². The van der Waals surface area contributed by atoms with Crippen molar-refractivity contribution >= 4 is 10.0 Å². The summed E-state index contributed by atoms with van der Waals surface area (Å²) in [4.78, 5) is 0.334. The molecule has 4 nitrogen and oxygen atoms in total. The molecule has 1 aliphatic rings. The first-order valence-electron chi connectivity index (χ1n) is 5.68. The third-order valence-corrected chi connectivity index (χ3v) is 4.78. The van der Waals surface area contributed by atoms with Crippen LogP contribution in [0.15, 0.2) is 29.2 Å². The third-order valence-electron chi connectivity index (χ3n) is 2.95. The first kappa shape index (κ1) is 12.5. The highest BCUT2D eigenvalue weighted by molar-refractivity contribution is 7.89. The number of nitrogens with zero attached hydrogens (tertiary/aromatic N) is 1. The van der Waals surface area contributed by atoms with Gasteiger partial charge in [-0.1, -0.05) is 17.7 Å². The lowest BCUT2D eigenvalue weighted by Gasteiger charge is -2.29. The SMILES string of the molecule is Cc1ccc(S(=O)(=O)N2CC[C@@H](C)OC2)cc1. The minimum atomic E-state index is -3.39. The van der Waals surface area contributed by atoms with E-state index in [2.05, 4.69) is 0 Å². The van der Waals surface area contributed by atoms with Crippen molar-refractivity contribution in [2.24, 2.45) is 0 Å². The van der Waals surface area contributed by atoms with E-state index < -0.39 is 10.0 Å². The Morgan fingerprint density at radius 3 is 2.47 bits per heavy atom. The first-order valence-corrected chi connectivity index (χ1v) is 7.12. The normalized spacial score (nSPS) is 22.6. The molecule has 1 aromatic rings. The Kier molecular flexibility index (Phi) is 3.51. The summed E-state index contributed by atoms with van der Waals surface area (Å²) in [7, 11) is -3.39. The van der Waals surface area contributed by atoms with Crippen LogP contribution in [-0.2, 0) is 14.8 Å². The van der Waals surface area contributed by atoms with Gasteiger partial charge in [-0.25, -0.2) is 8.42 Å². The number of ether oxygens (including phenoxy) is 1. The fourth-order valence-corrected chi connectivity index (χ4v) is 3.06. The molecule has 1 saturated heterocycles. The van der Waals surface area contributed by atoms with Gasteiger partial charge >= 0.3 is 0 Å². The number of hydrogen-bond acceptors (Lipinski definition) is 3. The van der Waals surface area contributed by atoms with Gasteiger partial charge in [0, 0.05) is 6.54 Å². The molecule has 5 heteroatoms. The fourth-order valence-electron chi connectivity index (χ4n) is 1.73. The summed E-state index contributed by atoms with van der Waals surface area (Å²) in [6, 6.07) is 6.89. The second-order valence-corrected chi connectivity index (χ2v) is 6.33. The zero-order valence-electron chi connectivity index (χ0n) is 10.1. The summed E-state index contributed by atoms with van der Waals surface area (Å²) < 4.78 is 31.3. The second kappa shape index (κ2) is 4.76. The molecule has 1 heterocycles. The van der Waals surface area contributed by atoms with Gasteiger partial charge < -0.3 is 4.74 Å². The quantitative estimate of drug-likeness (QED) is 0.809. The van der Waals surface area contributed by atoms with Gasteiger partial charge in [0.15, 0.2) is 0 Å². The fraction of sp³-hybridized carbons (Fsp3) is 0.500. The predicted octanol–water partition coefficient (Wildman–Crippen LogP) is 1.75. The van der Waals surface area contributed by atoms with Crippen LogP contribution in [0.4, 0.5) is 0 Å². The molecule has 0 bridgehead atoms. The Labute approximate surface area is 102 Å². The molecule has 2 rings (SSSR count). The minimum absolute atomic E-state index is 0.138. The van der Waals surface area contributed by atoms with Crippen LogP contribution < -0.4 is 0 Å². The van der Waals surface area contributed by atoms with Crippen molar-refractivity contribution in [3.05, 3.63) is 29.8 Å². The Balaban J connectivity index is 2.21. The summed E-state index contributed by atoms with van der Waals surface area (Å²) in [5.74, 6) is 0. The molecule has 1 atom stereocenters. The van der Waals surface area contributed by atoms with E-state index in [1.165, 1.54) is 4.31 Å². The highest BCUT2D eigenvalue weighted by Crippen LogP contribution is 2.20. The first-order chi connectivity index (χ1) is 8.00. The van der Waals surface area contributed by atoms with E-state index in [1.807, 2.05) is 13.8 Å². The summed E-state index contributed by atoms with van der Waals surface area (Å²) >= 11 is 0. The van der Waals surface area contributed by atoms with Crippen LogP contribution in [0.25, 0.3) is 0 Å². The molecule has 0 radical (unpaired) electrons. The summed E-state index contributed by atoms with van der Waals surface area (Å²) in [5, 5.41) is 0. The van der Waals surface area contributed by atoms with Gasteiger partial charge in [-0.05, 0) is 32.4 Å². The van der Waals surface area contributed by atoms with Crippen molar-refractivity contribution in [1.82, 2.24) is 4.31 Å². The lowest BCUT2D eigenvalue weighted by atomic mass is 10.2. The van der Waals surface area contributed by atoms with Crippen LogP contribution in [-0.4, -0.2) is 32.1 Å². The zero-order chi connectivity index (χ0) is 12.5. The number of hydrogen-bond donors (Lipinski definition) is 0. The van der Waals surface area contributed by atoms with Crippen molar-refractivity contribution in [1.29, 1.82) is 0 Å². The van der Waals surface area contributed by atoms with Gasteiger partial charge in [-0.2, -0.15) is 4.31 Å². The van der Waals surface area contributed by atoms with Crippen LogP contribution in [0.3, 0.4) is 0 Å². The molecule has 17 heavy (non-hydrogen) atoms.